The molecule has 0 aliphatic carbocycles. The molecule has 4 nitrogen and oxygen atoms in total. The fourth-order valence-electron chi connectivity index (χ4n) is 3.31. The Bertz CT molecular complexity index is 979. The lowest BCUT2D eigenvalue weighted by molar-refractivity contribution is 0.728. The normalized spacial score (nSPS) is 12.8. The summed E-state index contributed by atoms with van der Waals surface area (Å²) in [6, 6.07) is 8.33. The van der Waals surface area contributed by atoms with Gasteiger partial charge in [-0.05, 0) is 50.3 Å². The summed E-state index contributed by atoms with van der Waals surface area (Å²) in [4.78, 5) is 13.1. The molecule has 1 unspecified atom stereocenters. The molecule has 0 fully saturated rings. The van der Waals surface area contributed by atoms with Crippen LogP contribution in [0.1, 0.15) is 48.6 Å². The molecule has 0 aliphatic rings. The average molecular weight is 323 g/mol. The first-order valence-electron chi connectivity index (χ1n) is 8.52. The van der Waals surface area contributed by atoms with E-state index in [0.29, 0.717) is 17.3 Å². The number of hydrogen-bond donors (Lipinski definition) is 0. The van der Waals surface area contributed by atoms with Gasteiger partial charge in [-0.3, -0.25) is 9.36 Å². The van der Waals surface area contributed by atoms with E-state index in [1.807, 2.05) is 24.6 Å². The van der Waals surface area contributed by atoms with Gasteiger partial charge < -0.3 is 0 Å². The van der Waals surface area contributed by atoms with E-state index in [2.05, 4.69) is 45.9 Å². The van der Waals surface area contributed by atoms with Gasteiger partial charge in [0.1, 0.15) is 5.52 Å². The predicted octanol–water partition coefficient (Wildman–Crippen LogP) is 4.14. The lowest BCUT2D eigenvalue weighted by Gasteiger charge is -2.13. The molecule has 0 spiro atoms. The molecule has 0 radical (unpaired) electrons. The fourth-order valence-corrected chi connectivity index (χ4v) is 3.31. The van der Waals surface area contributed by atoms with Crippen LogP contribution in [0.4, 0.5) is 0 Å². The molecule has 0 aliphatic heterocycles. The second-order valence-electron chi connectivity index (χ2n) is 6.82. The van der Waals surface area contributed by atoms with Crippen LogP contribution in [0, 0.1) is 20.8 Å². The third-order valence-electron chi connectivity index (χ3n) is 4.97. The van der Waals surface area contributed by atoms with Crippen molar-refractivity contribution in [2.24, 2.45) is 7.05 Å². The molecule has 126 valence electrons. The highest BCUT2D eigenvalue weighted by Gasteiger charge is 2.19. The molecule has 4 heteroatoms. The van der Waals surface area contributed by atoms with Crippen LogP contribution in [0.2, 0.25) is 0 Å². The Kier molecular flexibility index (Phi) is 4.08. The number of rotatable bonds is 3. The molecule has 3 rings (SSSR count). The highest BCUT2D eigenvalue weighted by atomic mass is 16.1. The molecule has 1 atom stereocenters. The van der Waals surface area contributed by atoms with E-state index in [1.165, 1.54) is 5.56 Å². The largest absolute Gasteiger partial charge is 0.293 e. The standard InChI is InChI=1S/C20H25N3O/c1-7-13(3)17-11-15(5)23-18(17)20(24)22(6)19(21-23)16-9-8-12(2)10-14(16)4/h8-11,13H,7H2,1-6H3. The van der Waals surface area contributed by atoms with E-state index in [9.17, 15) is 4.79 Å². The summed E-state index contributed by atoms with van der Waals surface area (Å²) in [5.41, 5.74) is 6.16. The van der Waals surface area contributed by atoms with Gasteiger partial charge in [-0.2, -0.15) is 0 Å². The van der Waals surface area contributed by atoms with Crippen LogP contribution in [0.5, 0.6) is 0 Å². The molecule has 0 amide bonds. The molecule has 24 heavy (non-hydrogen) atoms. The Morgan fingerprint density at radius 1 is 1.17 bits per heavy atom. The van der Waals surface area contributed by atoms with Gasteiger partial charge in [0.25, 0.3) is 5.56 Å². The zero-order valence-corrected chi connectivity index (χ0v) is 15.3. The maximum atomic E-state index is 13.1. The van der Waals surface area contributed by atoms with Crippen LogP contribution in [0.3, 0.4) is 0 Å². The van der Waals surface area contributed by atoms with Crippen molar-refractivity contribution in [2.45, 2.75) is 47.0 Å². The van der Waals surface area contributed by atoms with Gasteiger partial charge >= 0.3 is 0 Å². The van der Waals surface area contributed by atoms with Gasteiger partial charge in [-0.25, -0.2) is 4.52 Å². The minimum atomic E-state index is 0.0170. The zero-order valence-electron chi connectivity index (χ0n) is 15.3. The van der Waals surface area contributed by atoms with Gasteiger partial charge in [0.2, 0.25) is 0 Å². The number of aryl methyl sites for hydroxylation is 3. The second kappa shape index (κ2) is 5.93. The van der Waals surface area contributed by atoms with E-state index in [0.717, 1.165) is 28.8 Å². The van der Waals surface area contributed by atoms with Crippen molar-refractivity contribution in [1.29, 1.82) is 0 Å². The first-order valence-corrected chi connectivity index (χ1v) is 8.52. The fraction of sp³-hybridized carbons (Fsp3) is 0.400. The summed E-state index contributed by atoms with van der Waals surface area (Å²) in [6.45, 7) is 10.4. The summed E-state index contributed by atoms with van der Waals surface area (Å²) in [5, 5.41) is 4.81. The number of nitrogens with zero attached hydrogens (tertiary/aromatic N) is 3. The van der Waals surface area contributed by atoms with Crippen molar-refractivity contribution in [2.75, 3.05) is 0 Å². The molecule has 0 saturated heterocycles. The SMILES string of the molecule is CCC(C)c1cc(C)n2nc(-c3ccc(C)cc3C)n(C)c(=O)c12. The number of fused-ring (bicyclic) bond motifs is 1. The van der Waals surface area contributed by atoms with Gasteiger partial charge in [0.05, 0.1) is 0 Å². The predicted molar refractivity (Wildman–Crippen MR) is 98.8 cm³/mol. The van der Waals surface area contributed by atoms with E-state index < -0.39 is 0 Å². The molecular weight excluding hydrogens is 298 g/mol. The van der Waals surface area contributed by atoms with Crippen molar-refractivity contribution >= 4 is 5.52 Å². The monoisotopic (exact) mass is 323 g/mol. The molecule has 2 heterocycles. The molecule has 1 aromatic carbocycles. The number of hydrogen-bond acceptors (Lipinski definition) is 2. The van der Waals surface area contributed by atoms with Crippen LogP contribution < -0.4 is 5.56 Å². The average Bonchev–Trinajstić information content (AvgIpc) is 2.87. The minimum Gasteiger partial charge on any atom is -0.293 e. The van der Waals surface area contributed by atoms with E-state index in [-0.39, 0.29) is 5.56 Å². The van der Waals surface area contributed by atoms with Crippen LogP contribution >= 0.6 is 0 Å². The summed E-state index contributed by atoms with van der Waals surface area (Å²) < 4.78 is 3.50. The highest BCUT2D eigenvalue weighted by molar-refractivity contribution is 5.64. The van der Waals surface area contributed by atoms with Crippen LogP contribution in [0.25, 0.3) is 16.9 Å². The summed E-state index contributed by atoms with van der Waals surface area (Å²) in [6.07, 6.45) is 1.00. The third-order valence-corrected chi connectivity index (χ3v) is 4.97. The second-order valence-corrected chi connectivity index (χ2v) is 6.82. The molecule has 0 bridgehead atoms. The molecular formula is C20H25N3O. The van der Waals surface area contributed by atoms with E-state index >= 15 is 0 Å². The number of benzene rings is 1. The lowest BCUT2D eigenvalue weighted by atomic mass is 10.00. The third kappa shape index (κ3) is 2.46. The van der Waals surface area contributed by atoms with Crippen LogP contribution in [-0.4, -0.2) is 14.2 Å². The highest BCUT2D eigenvalue weighted by Crippen LogP contribution is 2.26. The molecule has 3 aromatic rings. The van der Waals surface area contributed by atoms with Gasteiger partial charge in [-0.1, -0.05) is 37.6 Å². The van der Waals surface area contributed by atoms with Crippen LogP contribution in [0.15, 0.2) is 29.1 Å². The maximum Gasteiger partial charge on any atom is 0.278 e. The Morgan fingerprint density at radius 2 is 1.88 bits per heavy atom. The summed E-state index contributed by atoms with van der Waals surface area (Å²) in [7, 11) is 1.81. The summed E-state index contributed by atoms with van der Waals surface area (Å²) in [5.74, 6) is 1.05. The smallest absolute Gasteiger partial charge is 0.278 e. The molecule has 2 aromatic heterocycles. The Balaban J connectivity index is 2.35. The van der Waals surface area contributed by atoms with Crippen LogP contribution in [-0.2, 0) is 7.05 Å². The molecule has 0 N–H and O–H groups in total. The van der Waals surface area contributed by atoms with Gasteiger partial charge in [-0.15, -0.1) is 5.10 Å². The minimum absolute atomic E-state index is 0.0170. The van der Waals surface area contributed by atoms with Crippen molar-refractivity contribution in [3.8, 4) is 11.4 Å². The quantitative estimate of drug-likeness (QED) is 0.727. The number of aromatic nitrogens is 3. The lowest BCUT2D eigenvalue weighted by Crippen LogP contribution is -2.24. The topological polar surface area (TPSA) is 39.3 Å². The first kappa shape index (κ1) is 16.5. The van der Waals surface area contributed by atoms with Crippen molar-refractivity contribution in [1.82, 2.24) is 14.2 Å². The molecule has 0 saturated carbocycles. The van der Waals surface area contributed by atoms with Crippen molar-refractivity contribution in [3.05, 3.63) is 57.0 Å². The first-order chi connectivity index (χ1) is 11.3. The van der Waals surface area contributed by atoms with Crippen molar-refractivity contribution < 1.29 is 0 Å². The Hall–Kier alpha value is -2.36. The van der Waals surface area contributed by atoms with E-state index in [4.69, 9.17) is 5.10 Å². The van der Waals surface area contributed by atoms with E-state index in [1.54, 1.807) is 4.57 Å². The zero-order chi connectivity index (χ0) is 17.6. The van der Waals surface area contributed by atoms with Crippen molar-refractivity contribution in [3.63, 3.8) is 0 Å². The van der Waals surface area contributed by atoms with Gasteiger partial charge in [0.15, 0.2) is 5.82 Å². The van der Waals surface area contributed by atoms with Gasteiger partial charge in [0, 0.05) is 18.3 Å². The maximum absolute atomic E-state index is 13.1. The summed E-state index contributed by atoms with van der Waals surface area (Å²) >= 11 is 0. The Morgan fingerprint density at radius 3 is 2.50 bits per heavy atom. The Labute approximate surface area is 142 Å².